The van der Waals surface area contributed by atoms with Crippen LogP contribution in [0, 0.1) is 5.82 Å². The van der Waals surface area contributed by atoms with Gasteiger partial charge in [-0.2, -0.15) is 4.98 Å². The molecule has 7 heteroatoms. The van der Waals surface area contributed by atoms with Gasteiger partial charge in [-0.3, -0.25) is 0 Å². The molecule has 0 unspecified atom stereocenters. The van der Waals surface area contributed by atoms with E-state index in [1.807, 2.05) is 0 Å². The van der Waals surface area contributed by atoms with Crippen LogP contribution in [0.5, 0.6) is 11.6 Å². The lowest BCUT2D eigenvalue weighted by Gasteiger charge is -2.36. The van der Waals surface area contributed by atoms with E-state index < -0.39 is 0 Å². The molecular weight excluding hydrogens is 299 g/mol. The van der Waals surface area contributed by atoms with E-state index in [0.717, 1.165) is 31.9 Å². The van der Waals surface area contributed by atoms with Crippen molar-refractivity contribution in [2.75, 3.05) is 50.2 Å². The molecule has 1 aromatic carbocycles. The lowest BCUT2D eigenvalue weighted by Crippen LogP contribution is -2.47. The van der Waals surface area contributed by atoms with Gasteiger partial charge in [0.25, 0.3) is 0 Å². The minimum atomic E-state index is -0.297. The molecule has 0 amide bonds. The molecule has 23 heavy (non-hydrogen) atoms. The van der Waals surface area contributed by atoms with E-state index in [-0.39, 0.29) is 5.82 Å². The fourth-order valence-corrected chi connectivity index (χ4v) is 2.66. The molecule has 1 aliphatic rings. The summed E-state index contributed by atoms with van der Waals surface area (Å²) in [5.41, 5.74) is 0.903. The molecule has 6 nitrogen and oxygen atoms in total. The number of hydrogen-bond donors (Lipinski definition) is 0. The van der Waals surface area contributed by atoms with Crippen molar-refractivity contribution in [3.05, 3.63) is 36.3 Å². The summed E-state index contributed by atoms with van der Waals surface area (Å²) < 4.78 is 23.7. The van der Waals surface area contributed by atoms with Crippen LogP contribution in [0.25, 0.3) is 0 Å². The molecular formula is C16H19FN4O2. The van der Waals surface area contributed by atoms with E-state index in [4.69, 9.17) is 9.47 Å². The second-order valence-corrected chi connectivity index (χ2v) is 5.19. The van der Waals surface area contributed by atoms with Crippen LogP contribution in [0.15, 0.2) is 30.5 Å². The van der Waals surface area contributed by atoms with Crippen LogP contribution in [0.4, 0.5) is 16.0 Å². The Kier molecular flexibility index (Phi) is 4.45. The summed E-state index contributed by atoms with van der Waals surface area (Å²) in [6.07, 6.45) is 1.69. The van der Waals surface area contributed by atoms with Gasteiger partial charge >= 0.3 is 0 Å². The summed E-state index contributed by atoms with van der Waals surface area (Å²) in [6.45, 7) is 3.10. The lowest BCUT2D eigenvalue weighted by atomic mass is 10.2. The predicted molar refractivity (Wildman–Crippen MR) is 86.0 cm³/mol. The Morgan fingerprint density at radius 3 is 2.43 bits per heavy atom. The summed E-state index contributed by atoms with van der Waals surface area (Å²) in [6, 6.07) is 6.34. The highest BCUT2D eigenvalue weighted by Crippen LogP contribution is 2.30. The van der Waals surface area contributed by atoms with E-state index >= 15 is 0 Å². The number of hydrogen-bond acceptors (Lipinski definition) is 6. The lowest BCUT2D eigenvalue weighted by molar-refractivity contribution is 0.396. The van der Waals surface area contributed by atoms with Crippen molar-refractivity contribution >= 4 is 11.6 Å². The summed E-state index contributed by atoms with van der Waals surface area (Å²) in [4.78, 5) is 12.9. The molecule has 3 rings (SSSR count). The smallest absolute Gasteiger partial charge is 0.228 e. The van der Waals surface area contributed by atoms with Gasteiger partial charge in [0.2, 0.25) is 11.8 Å². The maximum Gasteiger partial charge on any atom is 0.228 e. The van der Waals surface area contributed by atoms with Crippen LogP contribution in [0.2, 0.25) is 0 Å². The number of piperazine rings is 1. The molecule has 0 bridgehead atoms. The highest BCUT2D eigenvalue weighted by Gasteiger charge is 2.21. The Balaban J connectivity index is 1.71. The molecule has 0 radical (unpaired) electrons. The number of nitrogens with zero attached hydrogens (tertiary/aromatic N) is 4. The van der Waals surface area contributed by atoms with Gasteiger partial charge in [-0.1, -0.05) is 0 Å². The van der Waals surface area contributed by atoms with Gasteiger partial charge in [0, 0.05) is 44.5 Å². The third-order valence-electron chi connectivity index (χ3n) is 3.87. The minimum absolute atomic E-state index is 0.297. The molecule has 1 saturated heterocycles. The standard InChI is InChI=1S/C16H19FN4O2/c1-22-14-11-12(17)3-4-13(14)20-7-9-21(10-8-20)16-18-6-5-15(19-16)23-2/h3-6,11H,7-10H2,1-2H3. The number of halogens is 1. The van der Waals surface area contributed by atoms with Crippen molar-refractivity contribution in [3.63, 3.8) is 0 Å². The van der Waals surface area contributed by atoms with Crippen molar-refractivity contribution < 1.29 is 13.9 Å². The highest BCUT2D eigenvalue weighted by molar-refractivity contribution is 5.59. The summed E-state index contributed by atoms with van der Waals surface area (Å²) >= 11 is 0. The van der Waals surface area contributed by atoms with Crippen molar-refractivity contribution in [1.82, 2.24) is 9.97 Å². The Morgan fingerprint density at radius 2 is 1.74 bits per heavy atom. The van der Waals surface area contributed by atoms with E-state index in [1.165, 1.54) is 12.1 Å². The molecule has 2 aromatic rings. The molecule has 2 heterocycles. The van der Waals surface area contributed by atoms with Crippen LogP contribution in [-0.2, 0) is 0 Å². The topological polar surface area (TPSA) is 50.7 Å². The molecule has 122 valence electrons. The second kappa shape index (κ2) is 6.68. The molecule has 0 atom stereocenters. The van der Waals surface area contributed by atoms with Crippen LogP contribution in [-0.4, -0.2) is 50.4 Å². The summed E-state index contributed by atoms with van der Waals surface area (Å²) in [5, 5.41) is 0. The minimum Gasteiger partial charge on any atom is -0.494 e. The zero-order valence-electron chi connectivity index (χ0n) is 13.2. The number of methoxy groups -OCH3 is 2. The van der Waals surface area contributed by atoms with Gasteiger partial charge in [0.1, 0.15) is 11.6 Å². The summed E-state index contributed by atoms with van der Waals surface area (Å²) in [5.74, 6) is 1.47. The molecule has 1 aromatic heterocycles. The first kappa shape index (κ1) is 15.3. The first-order valence-corrected chi connectivity index (χ1v) is 7.41. The molecule has 0 N–H and O–H groups in total. The van der Waals surface area contributed by atoms with Gasteiger partial charge in [-0.05, 0) is 12.1 Å². The first-order valence-electron chi connectivity index (χ1n) is 7.41. The SMILES string of the molecule is COc1ccnc(N2CCN(c3ccc(F)cc3OC)CC2)n1. The maximum atomic E-state index is 13.3. The van der Waals surface area contributed by atoms with Crippen LogP contribution in [0.3, 0.4) is 0 Å². The zero-order valence-corrected chi connectivity index (χ0v) is 13.2. The largest absolute Gasteiger partial charge is 0.494 e. The van der Waals surface area contributed by atoms with Gasteiger partial charge in [-0.25, -0.2) is 9.37 Å². The summed E-state index contributed by atoms with van der Waals surface area (Å²) in [7, 11) is 3.14. The highest BCUT2D eigenvalue weighted by atomic mass is 19.1. The van der Waals surface area contributed by atoms with Crippen molar-refractivity contribution in [2.24, 2.45) is 0 Å². The number of anilines is 2. The quantitative estimate of drug-likeness (QED) is 0.859. The van der Waals surface area contributed by atoms with Crippen LogP contribution >= 0.6 is 0 Å². The molecule has 0 saturated carbocycles. The van der Waals surface area contributed by atoms with Crippen molar-refractivity contribution in [2.45, 2.75) is 0 Å². The Bertz CT molecular complexity index is 675. The molecule has 0 spiro atoms. The van der Waals surface area contributed by atoms with E-state index in [2.05, 4.69) is 19.8 Å². The van der Waals surface area contributed by atoms with E-state index in [1.54, 1.807) is 32.5 Å². The third kappa shape index (κ3) is 3.28. The normalized spacial score (nSPS) is 14.7. The first-order chi connectivity index (χ1) is 11.2. The predicted octanol–water partition coefficient (Wildman–Crippen LogP) is 1.96. The van der Waals surface area contributed by atoms with Crippen LogP contribution < -0.4 is 19.3 Å². The number of ether oxygens (including phenoxy) is 2. The Labute approximate surface area is 134 Å². The van der Waals surface area contributed by atoms with Crippen molar-refractivity contribution in [3.8, 4) is 11.6 Å². The molecule has 0 aliphatic carbocycles. The van der Waals surface area contributed by atoms with Crippen LogP contribution in [0.1, 0.15) is 0 Å². The Morgan fingerprint density at radius 1 is 1.00 bits per heavy atom. The van der Waals surface area contributed by atoms with E-state index in [0.29, 0.717) is 17.6 Å². The maximum absolute atomic E-state index is 13.3. The van der Waals surface area contributed by atoms with Gasteiger partial charge in [0.15, 0.2) is 0 Å². The van der Waals surface area contributed by atoms with E-state index in [9.17, 15) is 4.39 Å². The zero-order chi connectivity index (χ0) is 16.2. The van der Waals surface area contributed by atoms with Gasteiger partial charge in [0.05, 0.1) is 19.9 Å². The monoisotopic (exact) mass is 318 g/mol. The van der Waals surface area contributed by atoms with Crippen molar-refractivity contribution in [1.29, 1.82) is 0 Å². The fourth-order valence-electron chi connectivity index (χ4n) is 2.66. The number of rotatable bonds is 4. The second-order valence-electron chi connectivity index (χ2n) is 5.19. The molecule has 1 fully saturated rings. The Hall–Kier alpha value is -2.57. The van der Waals surface area contributed by atoms with Gasteiger partial charge < -0.3 is 19.3 Å². The number of aromatic nitrogens is 2. The fraction of sp³-hybridized carbons (Fsp3) is 0.375. The van der Waals surface area contributed by atoms with Gasteiger partial charge in [-0.15, -0.1) is 0 Å². The average molecular weight is 318 g/mol. The molecule has 1 aliphatic heterocycles. The average Bonchev–Trinajstić information content (AvgIpc) is 2.62. The third-order valence-corrected chi connectivity index (χ3v) is 3.87. The number of benzene rings is 1.